The molecule has 0 unspecified atom stereocenters. The van der Waals surface area contributed by atoms with Gasteiger partial charge in [0.15, 0.2) is 0 Å². The Morgan fingerprint density at radius 2 is 1.68 bits per heavy atom. The van der Waals surface area contributed by atoms with Crippen LogP contribution in [-0.4, -0.2) is 52.3 Å². The number of carboxylic acids is 1. The lowest BCUT2D eigenvalue weighted by molar-refractivity contribution is -0.136. The highest BCUT2D eigenvalue weighted by molar-refractivity contribution is 7.97. The maximum Gasteiger partial charge on any atom is 0.307 e. The van der Waals surface area contributed by atoms with Gasteiger partial charge in [0.25, 0.3) is 0 Å². The monoisotopic (exact) mass is 532 g/mol. The molecule has 1 atom stereocenters. The number of carbonyl (C=O) groups is 1. The Bertz CT molecular complexity index is 1220. The molecule has 3 aromatic carbocycles. The van der Waals surface area contributed by atoms with Gasteiger partial charge in [-0.25, -0.2) is 4.31 Å². The van der Waals surface area contributed by atoms with Crippen LogP contribution in [0.1, 0.15) is 42.5 Å². The molecule has 202 valence electrons. The van der Waals surface area contributed by atoms with E-state index >= 15 is 0 Å². The Labute approximate surface area is 231 Å². The van der Waals surface area contributed by atoms with Crippen LogP contribution in [0.5, 0.6) is 0 Å². The maximum absolute atomic E-state index is 10.9. The van der Waals surface area contributed by atoms with E-state index < -0.39 is 12.1 Å². The molecule has 0 saturated heterocycles. The number of carboxylic acid groups (broad SMARTS) is 1. The number of aliphatic hydroxyl groups is 1. The van der Waals surface area contributed by atoms with Crippen LogP contribution >= 0.6 is 11.9 Å². The molecule has 0 saturated carbocycles. The number of β-amino-alcohol motifs (C(OH)–C–C–N with tert-alkyl or cyclic N) is 1. The minimum absolute atomic E-state index is 0.0301. The van der Waals surface area contributed by atoms with E-state index in [0.29, 0.717) is 19.0 Å². The van der Waals surface area contributed by atoms with Crippen LogP contribution in [0.3, 0.4) is 0 Å². The lowest BCUT2D eigenvalue weighted by Gasteiger charge is -2.31. The first-order chi connectivity index (χ1) is 18.1. The molecule has 0 fully saturated rings. The Morgan fingerprint density at radius 3 is 2.29 bits per heavy atom. The van der Waals surface area contributed by atoms with Gasteiger partial charge >= 0.3 is 5.97 Å². The number of nitrogens with one attached hydrogen (secondary N) is 1. The Morgan fingerprint density at radius 1 is 1.05 bits per heavy atom. The van der Waals surface area contributed by atoms with Crippen molar-refractivity contribution < 1.29 is 15.0 Å². The molecule has 5 nitrogen and oxygen atoms in total. The molecule has 0 radical (unpaired) electrons. The molecule has 4 rings (SSSR count). The third kappa shape index (κ3) is 7.93. The van der Waals surface area contributed by atoms with E-state index in [9.17, 15) is 9.90 Å². The van der Waals surface area contributed by atoms with Crippen molar-refractivity contribution in [3.8, 4) is 11.1 Å². The van der Waals surface area contributed by atoms with Crippen molar-refractivity contribution in [3.05, 3.63) is 89.0 Å². The standard InChI is InChI=1S/C32H40N2O3S/c1-22-15-28(25-11-9-23(10-12-25)18-31(36)37)13-14-30(22)38-34(4)21-29(35)20-33-32(2,3)19-24-16-26-7-5-6-8-27(26)17-24/h5-15,24,29,33,35H,16-21H2,1-4H3,(H,36,37)/t29-/m1/s1. The smallest absolute Gasteiger partial charge is 0.307 e. The average molecular weight is 533 g/mol. The van der Waals surface area contributed by atoms with E-state index in [-0.39, 0.29) is 12.0 Å². The minimum atomic E-state index is -0.820. The zero-order valence-corrected chi connectivity index (χ0v) is 23.7. The van der Waals surface area contributed by atoms with Crippen molar-refractivity contribution in [2.45, 2.75) is 63.0 Å². The van der Waals surface area contributed by atoms with Gasteiger partial charge in [0.2, 0.25) is 0 Å². The van der Waals surface area contributed by atoms with Crippen molar-refractivity contribution >= 4 is 17.9 Å². The summed E-state index contributed by atoms with van der Waals surface area (Å²) in [5, 5.41) is 23.3. The van der Waals surface area contributed by atoms with E-state index in [1.165, 1.54) is 16.7 Å². The molecule has 6 heteroatoms. The molecular weight excluding hydrogens is 492 g/mol. The Kier molecular flexibility index (Phi) is 9.32. The molecule has 1 aliphatic carbocycles. The zero-order chi connectivity index (χ0) is 27.3. The highest BCUT2D eigenvalue weighted by Gasteiger charge is 2.28. The summed E-state index contributed by atoms with van der Waals surface area (Å²) >= 11 is 1.64. The molecule has 0 amide bonds. The normalized spacial score (nSPS) is 14.6. The second-order valence-corrected chi connectivity index (χ2v) is 12.6. The van der Waals surface area contributed by atoms with Gasteiger partial charge in [-0.15, -0.1) is 0 Å². The van der Waals surface area contributed by atoms with Gasteiger partial charge in [0.05, 0.1) is 12.5 Å². The Hall–Kier alpha value is -2.64. The quantitative estimate of drug-likeness (QED) is 0.258. The van der Waals surface area contributed by atoms with Crippen molar-refractivity contribution in [2.75, 3.05) is 20.1 Å². The first kappa shape index (κ1) is 28.4. The van der Waals surface area contributed by atoms with Crippen molar-refractivity contribution in [3.63, 3.8) is 0 Å². The van der Waals surface area contributed by atoms with Gasteiger partial charge in [-0.3, -0.25) is 4.79 Å². The van der Waals surface area contributed by atoms with E-state index in [1.807, 2.05) is 31.3 Å². The summed E-state index contributed by atoms with van der Waals surface area (Å²) in [6, 6.07) is 22.8. The number of aliphatic carboxylic acids is 1. The third-order valence-corrected chi connectivity index (χ3v) is 8.41. The summed E-state index contributed by atoms with van der Waals surface area (Å²) in [5.41, 5.74) is 7.09. The van der Waals surface area contributed by atoms with Crippen LogP contribution in [-0.2, 0) is 24.1 Å². The SMILES string of the molecule is Cc1cc(-c2ccc(CC(=O)O)cc2)ccc1SN(C)C[C@H](O)CNC(C)(C)CC1Cc2ccccc2C1. The minimum Gasteiger partial charge on any atom is -0.481 e. The van der Waals surface area contributed by atoms with E-state index in [1.54, 1.807) is 11.9 Å². The number of hydrogen-bond acceptors (Lipinski definition) is 5. The fourth-order valence-corrected chi connectivity index (χ4v) is 6.38. The molecule has 38 heavy (non-hydrogen) atoms. The average Bonchev–Trinajstić information content (AvgIpc) is 3.26. The van der Waals surface area contributed by atoms with E-state index in [4.69, 9.17) is 5.11 Å². The van der Waals surface area contributed by atoms with Crippen LogP contribution in [0.2, 0.25) is 0 Å². The number of hydrogen-bond donors (Lipinski definition) is 3. The fraction of sp³-hybridized carbons (Fsp3) is 0.406. The fourth-order valence-electron chi connectivity index (χ4n) is 5.47. The second kappa shape index (κ2) is 12.5. The summed E-state index contributed by atoms with van der Waals surface area (Å²) in [5.74, 6) is -0.169. The molecular formula is C32H40N2O3S. The van der Waals surface area contributed by atoms with Gasteiger partial charge in [-0.05, 0) is 104 Å². The molecule has 0 heterocycles. The highest BCUT2D eigenvalue weighted by atomic mass is 32.2. The number of nitrogens with zero attached hydrogens (tertiary/aromatic N) is 1. The van der Waals surface area contributed by atoms with Crippen molar-refractivity contribution in [2.24, 2.45) is 5.92 Å². The molecule has 0 spiro atoms. The van der Waals surface area contributed by atoms with Crippen LogP contribution in [0.25, 0.3) is 11.1 Å². The number of likely N-dealkylation sites (N-methyl/N-ethyl adjacent to an activating group) is 1. The van der Waals surface area contributed by atoms with Gasteiger partial charge in [-0.1, -0.05) is 60.7 Å². The van der Waals surface area contributed by atoms with E-state index in [0.717, 1.165) is 40.8 Å². The summed E-state index contributed by atoms with van der Waals surface area (Å²) in [6.45, 7) is 7.71. The van der Waals surface area contributed by atoms with Gasteiger partial charge in [0, 0.05) is 23.5 Å². The molecule has 0 bridgehead atoms. The first-order valence-electron chi connectivity index (χ1n) is 13.4. The van der Waals surface area contributed by atoms with Crippen LogP contribution in [0.15, 0.2) is 71.6 Å². The van der Waals surface area contributed by atoms with Crippen LogP contribution < -0.4 is 5.32 Å². The van der Waals surface area contributed by atoms with Gasteiger partial charge < -0.3 is 15.5 Å². The van der Waals surface area contributed by atoms with Crippen molar-refractivity contribution in [1.82, 2.24) is 9.62 Å². The Balaban J connectivity index is 1.24. The largest absolute Gasteiger partial charge is 0.481 e. The molecule has 3 aromatic rings. The summed E-state index contributed by atoms with van der Waals surface area (Å²) in [6.07, 6.45) is 2.97. The van der Waals surface area contributed by atoms with Crippen LogP contribution in [0, 0.1) is 12.8 Å². The van der Waals surface area contributed by atoms with Gasteiger partial charge in [0.1, 0.15) is 0 Å². The summed E-state index contributed by atoms with van der Waals surface area (Å²) in [7, 11) is 2.02. The molecule has 1 aliphatic rings. The van der Waals surface area contributed by atoms with Gasteiger partial charge in [-0.2, -0.15) is 0 Å². The second-order valence-electron chi connectivity index (χ2n) is 11.3. The highest BCUT2D eigenvalue weighted by Crippen LogP contribution is 2.32. The number of benzene rings is 3. The predicted molar refractivity (Wildman–Crippen MR) is 156 cm³/mol. The first-order valence-corrected chi connectivity index (χ1v) is 14.2. The number of aryl methyl sites for hydroxylation is 1. The van der Waals surface area contributed by atoms with Crippen LogP contribution in [0.4, 0.5) is 0 Å². The number of aliphatic hydroxyl groups excluding tert-OH is 1. The third-order valence-electron chi connectivity index (χ3n) is 7.29. The van der Waals surface area contributed by atoms with Crippen molar-refractivity contribution in [1.29, 1.82) is 0 Å². The zero-order valence-electron chi connectivity index (χ0n) is 22.9. The molecule has 0 aromatic heterocycles. The lowest BCUT2D eigenvalue weighted by atomic mass is 9.88. The van der Waals surface area contributed by atoms with E-state index in [2.05, 4.69) is 72.9 Å². The summed E-state index contributed by atoms with van der Waals surface area (Å²) < 4.78 is 2.09. The number of fused-ring (bicyclic) bond motifs is 1. The number of rotatable bonds is 12. The molecule has 0 aliphatic heterocycles. The maximum atomic E-state index is 10.9. The lowest BCUT2D eigenvalue weighted by Crippen LogP contribution is -2.46. The topological polar surface area (TPSA) is 72.8 Å². The molecule has 3 N–H and O–H groups in total. The summed E-state index contributed by atoms with van der Waals surface area (Å²) in [4.78, 5) is 12.1. The predicted octanol–water partition coefficient (Wildman–Crippen LogP) is 5.76.